The van der Waals surface area contributed by atoms with E-state index < -0.39 is 26.9 Å². The van der Waals surface area contributed by atoms with Gasteiger partial charge in [0.15, 0.2) is 0 Å². The fourth-order valence-corrected chi connectivity index (χ4v) is 5.35. The molecule has 2 aliphatic heterocycles. The highest BCUT2D eigenvalue weighted by molar-refractivity contribution is 8.18. The number of anilines is 1. The second kappa shape index (κ2) is 9.61. The van der Waals surface area contributed by atoms with E-state index in [-0.39, 0.29) is 10.5 Å². The molecule has 0 aliphatic carbocycles. The summed E-state index contributed by atoms with van der Waals surface area (Å²) in [4.78, 5) is 31.0. The van der Waals surface area contributed by atoms with Gasteiger partial charge in [0.05, 0.1) is 4.91 Å². The van der Waals surface area contributed by atoms with Crippen molar-refractivity contribution in [2.24, 2.45) is 0 Å². The summed E-state index contributed by atoms with van der Waals surface area (Å²) in [7, 11) is 0. The van der Waals surface area contributed by atoms with E-state index in [0.29, 0.717) is 37.9 Å². The number of thioether (sulfide) groups is 1. The average Bonchev–Trinajstić information content (AvgIpc) is 3.03. The maximum Gasteiger partial charge on any atom is 0.295 e. The molecule has 2 aliphatic rings. The summed E-state index contributed by atoms with van der Waals surface area (Å²) in [5.74, 6) is -1.10. The van der Waals surface area contributed by atoms with Gasteiger partial charge in [-0.3, -0.25) is 14.5 Å². The van der Waals surface area contributed by atoms with Crippen molar-refractivity contribution in [3.05, 3.63) is 70.9 Å². The molecule has 2 aromatic carbocycles. The lowest BCUT2D eigenvalue weighted by molar-refractivity contribution is -0.127. The van der Waals surface area contributed by atoms with Gasteiger partial charge in [0.1, 0.15) is 12.0 Å². The van der Waals surface area contributed by atoms with Crippen LogP contribution in [0.2, 0.25) is 0 Å². The van der Waals surface area contributed by atoms with Crippen molar-refractivity contribution in [1.82, 2.24) is 9.80 Å². The molecule has 2 aromatic rings. The normalized spacial score (nSPS) is 20.3. The van der Waals surface area contributed by atoms with Crippen LogP contribution in [0.15, 0.2) is 59.5 Å². The van der Waals surface area contributed by atoms with Gasteiger partial charge >= 0.3 is 0 Å². The number of amides is 2. The number of benzene rings is 2. The van der Waals surface area contributed by atoms with Crippen molar-refractivity contribution in [2.45, 2.75) is 9.96 Å². The Labute approximate surface area is 204 Å². The van der Waals surface area contributed by atoms with Crippen molar-refractivity contribution < 1.29 is 14.0 Å². The Morgan fingerprint density at radius 3 is 2.19 bits per heavy atom. The maximum absolute atomic E-state index is 14.0. The number of nitrogens with zero attached hydrogens (tertiary/aromatic N) is 3. The molecule has 10 heteroatoms. The lowest BCUT2D eigenvalue weighted by Gasteiger charge is -2.44. The van der Waals surface area contributed by atoms with E-state index in [2.05, 4.69) is 4.90 Å². The Hall–Kier alpha value is -1.77. The molecule has 168 valence electrons. The standard InChI is InChI=1S/C22H19Cl3FN3O2S/c23-22(24,25)20(28-12-10-27(11-13-28)16-7-2-1-3-8-16)29-19(30)18(32-21(29)31)14-15-6-4-5-9-17(15)26/h1-9,14,20H,10-13H2/b18-14-/t20-/m0/s1. The quantitative estimate of drug-likeness (QED) is 0.405. The van der Waals surface area contributed by atoms with Crippen LogP contribution in [0.3, 0.4) is 0 Å². The van der Waals surface area contributed by atoms with Gasteiger partial charge in [-0.05, 0) is 36.0 Å². The van der Waals surface area contributed by atoms with Gasteiger partial charge in [-0.15, -0.1) is 0 Å². The van der Waals surface area contributed by atoms with Gasteiger partial charge in [-0.2, -0.15) is 0 Å². The molecule has 2 heterocycles. The molecule has 5 nitrogen and oxygen atoms in total. The molecule has 0 spiro atoms. The van der Waals surface area contributed by atoms with Gasteiger partial charge in [-0.25, -0.2) is 9.29 Å². The van der Waals surface area contributed by atoms with Crippen LogP contribution in [-0.2, 0) is 4.79 Å². The second-order valence-electron chi connectivity index (χ2n) is 7.35. The third kappa shape index (κ3) is 4.92. The number of carbonyl (C=O) groups is 2. The molecule has 0 N–H and O–H groups in total. The predicted molar refractivity (Wildman–Crippen MR) is 129 cm³/mol. The van der Waals surface area contributed by atoms with Crippen molar-refractivity contribution in [1.29, 1.82) is 0 Å². The van der Waals surface area contributed by atoms with Crippen LogP contribution in [0.1, 0.15) is 5.56 Å². The molecule has 0 unspecified atom stereocenters. The third-order valence-electron chi connectivity index (χ3n) is 5.33. The third-order valence-corrected chi connectivity index (χ3v) is 6.80. The van der Waals surface area contributed by atoms with Gasteiger partial charge in [0.2, 0.25) is 3.79 Å². The Balaban J connectivity index is 1.56. The Morgan fingerprint density at radius 2 is 1.56 bits per heavy atom. The number of carbonyl (C=O) groups excluding carboxylic acids is 2. The highest BCUT2D eigenvalue weighted by atomic mass is 35.6. The summed E-state index contributed by atoms with van der Waals surface area (Å²) in [6.07, 6.45) is 0.271. The molecule has 32 heavy (non-hydrogen) atoms. The van der Waals surface area contributed by atoms with Gasteiger partial charge < -0.3 is 4.90 Å². The van der Waals surface area contributed by atoms with Gasteiger partial charge in [-0.1, -0.05) is 71.2 Å². The van der Waals surface area contributed by atoms with E-state index in [4.69, 9.17) is 34.8 Å². The number of alkyl halides is 3. The van der Waals surface area contributed by atoms with Crippen molar-refractivity contribution in [3.8, 4) is 0 Å². The first-order valence-corrected chi connectivity index (χ1v) is 11.8. The SMILES string of the molecule is O=C1S/C(=C\c2ccccc2F)C(=O)N1[C@H](N1CCN(c2ccccc2)CC1)C(Cl)(Cl)Cl. The summed E-state index contributed by atoms with van der Waals surface area (Å²) < 4.78 is 12.1. The molecule has 2 amide bonds. The summed E-state index contributed by atoms with van der Waals surface area (Å²) in [5.41, 5.74) is 1.29. The molecule has 0 aromatic heterocycles. The molecule has 0 saturated carbocycles. The highest BCUT2D eigenvalue weighted by Gasteiger charge is 2.51. The lowest BCUT2D eigenvalue weighted by atomic mass is 10.2. The summed E-state index contributed by atoms with van der Waals surface area (Å²) >= 11 is 19.5. The van der Waals surface area contributed by atoms with Crippen LogP contribution in [-0.4, -0.2) is 57.1 Å². The maximum atomic E-state index is 14.0. The smallest absolute Gasteiger partial charge is 0.295 e. The molecule has 0 bridgehead atoms. The minimum atomic E-state index is -1.92. The van der Waals surface area contributed by atoms with Gasteiger partial charge in [0, 0.05) is 37.4 Å². The predicted octanol–water partition coefficient (Wildman–Crippen LogP) is 5.38. The zero-order valence-corrected chi connectivity index (χ0v) is 19.8. The van der Waals surface area contributed by atoms with Crippen molar-refractivity contribution in [2.75, 3.05) is 31.1 Å². The molecule has 2 saturated heterocycles. The first-order valence-electron chi connectivity index (χ1n) is 9.88. The second-order valence-corrected chi connectivity index (χ2v) is 10.7. The summed E-state index contributed by atoms with van der Waals surface area (Å²) in [6, 6.07) is 15.9. The van der Waals surface area contributed by atoms with E-state index in [9.17, 15) is 14.0 Å². The number of piperazine rings is 1. The number of rotatable bonds is 4. The minimum Gasteiger partial charge on any atom is -0.369 e. The van der Waals surface area contributed by atoms with Crippen LogP contribution >= 0.6 is 46.6 Å². The number of halogens is 4. The Kier molecular flexibility index (Phi) is 7.03. The highest BCUT2D eigenvalue weighted by Crippen LogP contribution is 2.42. The molecule has 4 rings (SSSR count). The zero-order chi connectivity index (χ0) is 22.9. The first kappa shape index (κ1) is 23.4. The van der Waals surface area contributed by atoms with Gasteiger partial charge in [0.25, 0.3) is 11.1 Å². The fourth-order valence-electron chi connectivity index (χ4n) is 3.80. The van der Waals surface area contributed by atoms with Crippen LogP contribution in [0, 0.1) is 5.82 Å². The lowest BCUT2D eigenvalue weighted by Crippen LogP contribution is -2.61. The van der Waals surface area contributed by atoms with E-state index >= 15 is 0 Å². The van der Waals surface area contributed by atoms with E-state index in [1.54, 1.807) is 12.1 Å². The zero-order valence-electron chi connectivity index (χ0n) is 16.8. The number of para-hydroxylation sites is 1. The summed E-state index contributed by atoms with van der Waals surface area (Å²) in [6.45, 7) is 2.26. The van der Waals surface area contributed by atoms with E-state index in [1.165, 1.54) is 18.2 Å². The minimum absolute atomic E-state index is 0.0854. The van der Waals surface area contributed by atoms with Crippen LogP contribution in [0.25, 0.3) is 6.08 Å². The molecule has 0 radical (unpaired) electrons. The number of hydrogen-bond donors (Lipinski definition) is 0. The van der Waals surface area contributed by atoms with E-state index in [1.807, 2.05) is 35.2 Å². The van der Waals surface area contributed by atoms with Crippen LogP contribution < -0.4 is 4.90 Å². The van der Waals surface area contributed by atoms with E-state index in [0.717, 1.165) is 10.6 Å². The number of imide groups is 1. The molecule has 2 fully saturated rings. The topological polar surface area (TPSA) is 43.9 Å². The average molecular weight is 515 g/mol. The molecular formula is C22H19Cl3FN3O2S. The fraction of sp³-hybridized carbons (Fsp3) is 0.273. The Bertz CT molecular complexity index is 1040. The Morgan fingerprint density at radius 1 is 0.938 bits per heavy atom. The molecular weight excluding hydrogens is 496 g/mol. The summed E-state index contributed by atoms with van der Waals surface area (Å²) in [5, 5.41) is -0.556. The largest absolute Gasteiger partial charge is 0.369 e. The van der Waals surface area contributed by atoms with Crippen LogP contribution in [0.4, 0.5) is 14.9 Å². The molecule has 1 atom stereocenters. The first-order chi connectivity index (χ1) is 15.3. The van der Waals surface area contributed by atoms with Crippen LogP contribution in [0.5, 0.6) is 0 Å². The number of hydrogen-bond acceptors (Lipinski definition) is 5. The van der Waals surface area contributed by atoms with Crippen molar-refractivity contribution >= 4 is 69.5 Å². The monoisotopic (exact) mass is 513 g/mol. The van der Waals surface area contributed by atoms with Crippen molar-refractivity contribution in [3.63, 3.8) is 0 Å².